The molecule has 0 N–H and O–H groups in total. The van der Waals surface area contributed by atoms with Gasteiger partial charge in [0.2, 0.25) is 0 Å². The summed E-state index contributed by atoms with van der Waals surface area (Å²) in [5, 5.41) is 3.11. The van der Waals surface area contributed by atoms with E-state index >= 15 is 0 Å². The molecule has 1 aliphatic rings. The van der Waals surface area contributed by atoms with Crippen molar-refractivity contribution in [3.8, 4) is 0 Å². The summed E-state index contributed by atoms with van der Waals surface area (Å²) < 4.78 is 0. The van der Waals surface area contributed by atoms with Gasteiger partial charge < -0.3 is 4.90 Å². The van der Waals surface area contributed by atoms with Crippen molar-refractivity contribution in [3.63, 3.8) is 0 Å². The summed E-state index contributed by atoms with van der Waals surface area (Å²) in [5.74, 6) is 2.25. The van der Waals surface area contributed by atoms with Crippen LogP contribution in [0.4, 0.5) is 11.4 Å². The van der Waals surface area contributed by atoms with Crippen molar-refractivity contribution in [1.82, 2.24) is 4.90 Å². The number of hydrogen-bond acceptors (Lipinski definition) is 5. The van der Waals surface area contributed by atoms with Crippen LogP contribution in [0.5, 0.6) is 0 Å². The summed E-state index contributed by atoms with van der Waals surface area (Å²) in [6.07, 6.45) is 0. The Hall–Kier alpha value is -2.40. The monoisotopic (exact) mass is 351 g/mol. The second-order valence-corrected chi connectivity index (χ2v) is 7.09. The van der Waals surface area contributed by atoms with E-state index in [1.165, 1.54) is 0 Å². The summed E-state index contributed by atoms with van der Waals surface area (Å²) in [7, 11) is 0. The molecule has 0 amide bonds. The van der Waals surface area contributed by atoms with E-state index in [4.69, 9.17) is 4.99 Å². The van der Waals surface area contributed by atoms with Crippen LogP contribution in [0.2, 0.25) is 0 Å². The van der Waals surface area contributed by atoms with Crippen molar-refractivity contribution in [2.45, 2.75) is 6.92 Å². The van der Waals surface area contributed by atoms with Gasteiger partial charge in [-0.1, -0.05) is 43.0 Å². The van der Waals surface area contributed by atoms with E-state index < -0.39 is 0 Å². The van der Waals surface area contributed by atoms with Gasteiger partial charge >= 0.3 is 0 Å². The summed E-state index contributed by atoms with van der Waals surface area (Å²) in [5.41, 5.74) is 4.84. The molecule has 0 aromatic heterocycles. The summed E-state index contributed by atoms with van der Waals surface area (Å²) >= 11 is 1.98. The number of aliphatic imine (C=N–C) groups is 1. The molecule has 0 aliphatic carbocycles. The Morgan fingerprint density at radius 3 is 2.28 bits per heavy atom. The molecule has 0 unspecified atom stereocenters. The Balaban J connectivity index is 1.95. The number of nitrogens with zero attached hydrogens (tertiary/aromatic N) is 3. The molecule has 128 valence electrons. The van der Waals surface area contributed by atoms with Crippen LogP contribution in [0.15, 0.2) is 65.3 Å². The topological polar surface area (TPSA) is 45.0 Å². The maximum atomic E-state index is 11.0. The summed E-state index contributed by atoms with van der Waals surface area (Å²) in [4.78, 5) is 18.1. The van der Waals surface area contributed by atoms with Gasteiger partial charge in [-0.05, 0) is 24.2 Å². The number of nitroso groups, excluding NO2 is 1. The average molecular weight is 351 g/mol. The SMILES string of the molecule is C=C(c1ccccc1N=C(C)c1ccccc1N=O)N1CCSCC1. The Morgan fingerprint density at radius 1 is 1.00 bits per heavy atom. The van der Waals surface area contributed by atoms with Gasteiger partial charge in [-0.25, -0.2) is 0 Å². The van der Waals surface area contributed by atoms with Gasteiger partial charge in [0.05, 0.1) is 5.69 Å². The van der Waals surface area contributed by atoms with E-state index in [1.807, 2.05) is 49.0 Å². The largest absolute Gasteiger partial charge is 0.370 e. The van der Waals surface area contributed by atoms with Gasteiger partial charge in [-0.2, -0.15) is 11.8 Å². The van der Waals surface area contributed by atoms with Crippen LogP contribution in [0.1, 0.15) is 18.1 Å². The zero-order chi connectivity index (χ0) is 17.6. The molecule has 0 bridgehead atoms. The van der Waals surface area contributed by atoms with Gasteiger partial charge in [-0.3, -0.25) is 4.99 Å². The quantitative estimate of drug-likeness (QED) is 0.546. The first-order valence-corrected chi connectivity index (χ1v) is 9.45. The fourth-order valence-electron chi connectivity index (χ4n) is 2.92. The second kappa shape index (κ2) is 8.12. The molecule has 0 saturated carbocycles. The number of para-hydroxylation sites is 1. The highest BCUT2D eigenvalue weighted by Gasteiger charge is 2.16. The van der Waals surface area contributed by atoms with Gasteiger partial charge in [0.1, 0.15) is 5.69 Å². The molecule has 3 rings (SSSR count). The molecular formula is C20H21N3OS. The van der Waals surface area contributed by atoms with E-state index in [0.717, 1.165) is 52.8 Å². The zero-order valence-electron chi connectivity index (χ0n) is 14.3. The lowest BCUT2D eigenvalue weighted by Crippen LogP contribution is -2.30. The van der Waals surface area contributed by atoms with Crippen LogP contribution in [0, 0.1) is 4.91 Å². The molecular weight excluding hydrogens is 330 g/mol. The minimum atomic E-state index is 0.410. The Bertz CT molecular complexity index is 810. The number of rotatable bonds is 5. The van der Waals surface area contributed by atoms with Crippen LogP contribution in [-0.2, 0) is 0 Å². The van der Waals surface area contributed by atoms with Crippen molar-refractivity contribution in [1.29, 1.82) is 0 Å². The lowest BCUT2D eigenvalue weighted by molar-refractivity contribution is 0.440. The molecule has 4 nitrogen and oxygen atoms in total. The fourth-order valence-corrected chi connectivity index (χ4v) is 3.82. The van der Waals surface area contributed by atoms with E-state index in [1.54, 1.807) is 12.1 Å². The lowest BCUT2D eigenvalue weighted by Gasteiger charge is -2.30. The molecule has 5 heteroatoms. The van der Waals surface area contributed by atoms with Gasteiger partial charge in [0.25, 0.3) is 0 Å². The van der Waals surface area contributed by atoms with Crippen molar-refractivity contribution >= 4 is 34.5 Å². The van der Waals surface area contributed by atoms with Crippen molar-refractivity contribution in [3.05, 3.63) is 71.1 Å². The molecule has 1 aliphatic heterocycles. The van der Waals surface area contributed by atoms with Crippen molar-refractivity contribution in [2.24, 2.45) is 10.2 Å². The van der Waals surface area contributed by atoms with E-state index in [0.29, 0.717) is 5.69 Å². The zero-order valence-corrected chi connectivity index (χ0v) is 15.1. The normalized spacial score (nSPS) is 15.1. The minimum Gasteiger partial charge on any atom is -0.370 e. The maximum absolute atomic E-state index is 11.0. The van der Waals surface area contributed by atoms with E-state index in [-0.39, 0.29) is 0 Å². The first-order chi connectivity index (χ1) is 12.2. The number of hydrogen-bond donors (Lipinski definition) is 0. The molecule has 25 heavy (non-hydrogen) atoms. The molecule has 1 fully saturated rings. The predicted octanol–water partition coefficient (Wildman–Crippen LogP) is 5.24. The number of thioether (sulfide) groups is 1. The Kier molecular flexibility index (Phi) is 5.66. The third-order valence-corrected chi connectivity index (χ3v) is 5.23. The van der Waals surface area contributed by atoms with E-state index in [2.05, 4.69) is 22.7 Å². The predicted molar refractivity (Wildman–Crippen MR) is 108 cm³/mol. The number of benzene rings is 2. The third kappa shape index (κ3) is 3.99. The van der Waals surface area contributed by atoms with Gasteiger partial charge in [0.15, 0.2) is 0 Å². The first kappa shape index (κ1) is 17.4. The van der Waals surface area contributed by atoms with Crippen molar-refractivity contribution in [2.75, 3.05) is 24.6 Å². The molecule has 1 saturated heterocycles. The van der Waals surface area contributed by atoms with Gasteiger partial charge in [0, 0.05) is 47.1 Å². The van der Waals surface area contributed by atoms with Crippen LogP contribution in [-0.4, -0.2) is 35.2 Å². The van der Waals surface area contributed by atoms with E-state index in [9.17, 15) is 4.91 Å². The highest BCUT2D eigenvalue weighted by Crippen LogP contribution is 2.30. The van der Waals surface area contributed by atoms with Crippen molar-refractivity contribution < 1.29 is 0 Å². The second-order valence-electron chi connectivity index (χ2n) is 5.87. The summed E-state index contributed by atoms with van der Waals surface area (Å²) in [6, 6.07) is 15.3. The van der Waals surface area contributed by atoms with Crippen LogP contribution >= 0.6 is 11.8 Å². The van der Waals surface area contributed by atoms with Crippen LogP contribution in [0.25, 0.3) is 5.70 Å². The molecule has 1 heterocycles. The molecule has 2 aromatic rings. The minimum absolute atomic E-state index is 0.410. The highest BCUT2D eigenvalue weighted by atomic mass is 32.2. The molecule has 2 aromatic carbocycles. The first-order valence-electron chi connectivity index (χ1n) is 8.30. The standard InChI is InChI=1S/C20H21N3OS/c1-15(17-7-3-6-10-20(17)22-24)21-19-9-5-4-8-18(19)16(2)23-11-13-25-14-12-23/h3-10H,2,11-14H2,1H3. The molecule has 0 spiro atoms. The third-order valence-electron chi connectivity index (χ3n) is 4.29. The molecule has 0 atom stereocenters. The smallest absolute Gasteiger partial charge is 0.117 e. The molecule has 0 radical (unpaired) electrons. The Morgan fingerprint density at radius 2 is 1.60 bits per heavy atom. The maximum Gasteiger partial charge on any atom is 0.117 e. The summed E-state index contributed by atoms with van der Waals surface area (Å²) in [6.45, 7) is 8.23. The highest BCUT2D eigenvalue weighted by molar-refractivity contribution is 7.99. The lowest BCUT2D eigenvalue weighted by atomic mass is 10.1. The fraction of sp³-hybridized carbons (Fsp3) is 0.250. The van der Waals surface area contributed by atoms with Gasteiger partial charge in [-0.15, -0.1) is 4.91 Å². The van der Waals surface area contributed by atoms with Crippen LogP contribution < -0.4 is 0 Å². The van der Waals surface area contributed by atoms with Crippen LogP contribution in [0.3, 0.4) is 0 Å². The average Bonchev–Trinajstić information content (AvgIpc) is 2.68. The Labute approximate surface area is 152 Å².